The van der Waals surface area contributed by atoms with Crippen molar-refractivity contribution < 1.29 is 18.7 Å². The average Bonchev–Trinajstić information content (AvgIpc) is 3.83. The van der Waals surface area contributed by atoms with Crippen LogP contribution in [0, 0.1) is 3.70 Å². The van der Waals surface area contributed by atoms with Gasteiger partial charge < -0.3 is 4.52 Å². The molecule has 8 rings (SSSR count). The number of amides is 2. The van der Waals surface area contributed by atoms with Crippen molar-refractivity contribution in [2.45, 2.75) is 37.8 Å². The van der Waals surface area contributed by atoms with Crippen LogP contribution in [-0.2, 0) is 38.1 Å². The van der Waals surface area contributed by atoms with E-state index in [9.17, 15) is 14.2 Å². The highest BCUT2D eigenvalue weighted by atomic mass is 127. The van der Waals surface area contributed by atoms with Crippen LogP contribution >= 0.6 is 108 Å². The minimum atomic E-state index is -2.90. The summed E-state index contributed by atoms with van der Waals surface area (Å²) in [6, 6.07) is 25.7. The summed E-state index contributed by atoms with van der Waals surface area (Å²) in [4.78, 5) is 39.3. The number of benzene rings is 4. The second-order valence-electron chi connectivity index (χ2n) is 14.5. The number of nitrogens with zero attached hydrogens (tertiary/aromatic N) is 6. The number of aromatic nitrogens is 4. The minimum absolute atomic E-state index is 0.0650. The second kappa shape index (κ2) is 16.5. The Kier molecular flexibility index (Phi) is 12.3. The summed E-state index contributed by atoms with van der Waals surface area (Å²) in [5.41, 5.74) is 1.25. The normalized spacial score (nSPS) is 18.6. The first-order valence-corrected chi connectivity index (χ1v) is 24.1. The van der Waals surface area contributed by atoms with Gasteiger partial charge in [-0.3, -0.25) is 23.3 Å². The highest BCUT2D eigenvalue weighted by Crippen LogP contribution is 2.49. The summed E-state index contributed by atoms with van der Waals surface area (Å²) in [7, 11) is -2.90. The molecule has 0 saturated heterocycles. The van der Waals surface area contributed by atoms with Gasteiger partial charge in [0.1, 0.15) is 14.8 Å². The van der Waals surface area contributed by atoms with Crippen LogP contribution < -0.4 is 14.3 Å². The van der Waals surface area contributed by atoms with Gasteiger partial charge in [-0.25, -0.2) is 19.8 Å². The third-order valence-electron chi connectivity index (χ3n) is 9.57. The third kappa shape index (κ3) is 8.52. The van der Waals surface area contributed by atoms with Crippen molar-refractivity contribution in [3.05, 3.63) is 141 Å². The van der Waals surface area contributed by atoms with Gasteiger partial charge in [0.2, 0.25) is 25.1 Å². The first kappa shape index (κ1) is 43.2. The molecule has 10 nitrogen and oxygen atoms in total. The van der Waals surface area contributed by atoms with Crippen LogP contribution in [0.1, 0.15) is 25.0 Å². The first-order chi connectivity index (χ1) is 27.3. The zero-order valence-electron chi connectivity index (χ0n) is 31.1. The Morgan fingerprint density at radius 3 is 1.45 bits per heavy atom. The first-order valence-electron chi connectivity index (χ1n) is 17.4. The van der Waals surface area contributed by atoms with Crippen LogP contribution in [0.15, 0.2) is 106 Å². The zero-order valence-corrected chi connectivity index (χ0v) is 40.3. The Balaban J connectivity index is 0.000000178. The van der Waals surface area contributed by atoms with Gasteiger partial charge in [0, 0.05) is 55.2 Å². The highest BCUT2D eigenvalue weighted by Gasteiger charge is 2.52. The fraction of sp³-hybridized carbons (Fsp3) is 0.200. The molecule has 2 amide bonds. The van der Waals surface area contributed by atoms with Crippen molar-refractivity contribution in [3.63, 3.8) is 0 Å². The molecule has 0 aliphatic carbocycles. The molecular formula is C40H32Br2Cl4IN6O4P. The summed E-state index contributed by atoms with van der Waals surface area (Å²) in [6.45, 7) is 6.79. The molecule has 0 spiro atoms. The Morgan fingerprint density at radius 1 is 0.655 bits per heavy atom. The molecule has 2 aromatic heterocycles. The quantitative estimate of drug-likeness (QED) is 0.111. The third-order valence-corrected chi connectivity index (χ3v) is 12.9. The minimum Gasteiger partial charge on any atom is -0.425 e. The molecule has 4 heterocycles. The highest BCUT2D eigenvalue weighted by molar-refractivity contribution is 14.1. The Bertz CT molecular complexity index is 2600. The molecule has 2 atom stereocenters. The number of fused-ring (bicyclic) bond motifs is 2. The smallest absolute Gasteiger partial charge is 0.260 e. The molecule has 0 fully saturated rings. The van der Waals surface area contributed by atoms with E-state index >= 15 is 0 Å². The number of carbonyl (C=O) groups is 2. The number of hydrogen-bond acceptors (Lipinski definition) is 6. The van der Waals surface area contributed by atoms with Crippen molar-refractivity contribution >= 4 is 143 Å². The molecule has 2 aliphatic rings. The Labute approximate surface area is 385 Å². The van der Waals surface area contributed by atoms with Crippen LogP contribution in [0.2, 0.25) is 20.1 Å². The maximum atomic E-state index is 13.8. The maximum absolute atomic E-state index is 13.8. The van der Waals surface area contributed by atoms with E-state index in [1.165, 1.54) is 24.4 Å². The number of imidazole rings is 2. The van der Waals surface area contributed by atoms with Crippen molar-refractivity contribution in [1.29, 1.82) is 0 Å². The van der Waals surface area contributed by atoms with Crippen LogP contribution in [-0.4, -0.2) is 44.2 Å². The van der Waals surface area contributed by atoms with E-state index in [1.54, 1.807) is 52.1 Å². The fourth-order valence-electron chi connectivity index (χ4n) is 7.14. The van der Waals surface area contributed by atoms with E-state index in [0.717, 1.165) is 23.8 Å². The summed E-state index contributed by atoms with van der Waals surface area (Å²) in [6.07, 6.45) is 4.17. The van der Waals surface area contributed by atoms with Gasteiger partial charge in [0.25, 0.3) is 11.8 Å². The molecule has 300 valence electrons. The molecule has 6 aromatic rings. The molecule has 0 unspecified atom stereocenters. The Morgan fingerprint density at radius 2 is 1.03 bits per heavy atom. The van der Waals surface area contributed by atoms with Crippen LogP contribution in [0.4, 0.5) is 23.3 Å². The predicted molar refractivity (Wildman–Crippen MR) is 247 cm³/mol. The van der Waals surface area contributed by atoms with Crippen molar-refractivity contribution in [2.24, 2.45) is 0 Å². The number of halogens is 7. The van der Waals surface area contributed by atoms with Crippen LogP contribution in [0.25, 0.3) is 0 Å². The SMILES string of the molecule is C[C@@]1(Cc2ccc(Br)cc2)C(=O)N(c2cc(Cl)cc(Cl)c2)c2ncc(I)n21.C[C@@]1(Cc2ccc(Br)cc2)C(=O)N(c2cc(Cl)cc(Cl)c2)c2ncc(OP(C)(C)=O)n21. The van der Waals surface area contributed by atoms with E-state index in [2.05, 4.69) is 64.4 Å². The van der Waals surface area contributed by atoms with Gasteiger partial charge in [0.05, 0.1) is 23.8 Å². The molecule has 0 N–H and O–H groups in total. The molecule has 0 radical (unpaired) electrons. The standard InChI is InChI=1S/C21H19BrCl2N3O3P.C19H13BrCl2IN3O/c1-21(11-13-4-6-14(22)7-5-13)19(28)26(17-9-15(23)8-16(24)10-17)20-25-12-18(27(20)21)30-31(2,3)29;1-19(9-11-2-4-12(20)5-3-11)17(27)25(18-24-10-16(23)26(18)19)15-7-13(21)6-14(22)8-15/h4-10,12H,11H2,1-3H3;2-8,10H,9H2,1H3/t21-;19-/m11/s1. The number of hydrogen-bond donors (Lipinski definition) is 0. The van der Waals surface area contributed by atoms with Gasteiger partial charge in [-0.1, -0.05) is 103 Å². The van der Waals surface area contributed by atoms with Crippen LogP contribution in [0.3, 0.4) is 0 Å². The molecule has 0 saturated carbocycles. The van der Waals surface area contributed by atoms with Gasteiger partial charge in [-0.15, -0.1) is 0 Å². The molecule has 58 heavy (non-hydrogen) atoms. The van der Waals surface area contributed by atoms with Gasteiger partial charge in [0.15, 0.2) is 0 Å². The number of rotatable bonds is 8. The summed E-state index contributed by atoms with van der Waals surface area (Å²) in [5.74, 6) is 0.911. The summed E-state index contributed by atoms with van der Waals surface area (Å²) in [5, 5.41) is 1.75. The largest absolute Gasteiger partial charge is 0.425 e. The van der Waals surface area contributed by atoms with E-state index in [-0.39, 0.29) is 17.7 Å². The topological polar surface area (TPSA) is 103 Å². The van der Waals surface area contributed by atoms with Gasteiger partial charge in [-0.05, 0) is 108 Å². The van der Waals surface area contributed by atoms with E-state index < -0.39 is 18.4 Å². The predicted octanol–water partition coefficient (Wildman–Crippen LogP) is 12.7. The van der Waals surface area contributed by atoms with E-state index in [0.29, 0.717) is 56.2 Å². The average molecular weight is 1120 g/mol. The van der Waals surface area contributed by atoms with E-state index in [4.69, 9.17) is 50.9 Å². The van der Waals surface area contributed by atoms with Crippen LogP contribution in [0.5, 0.6) is 5.88 Å². The monoisotopic (exact) mass is 1120 g/mol. The lowest BCUT2D eigenvalue weighted by Crippen LogP contribution is -2.41. The fourth-order valence-corrected chi connectivity index (χ4v) is 10.2. The lowest BCUT2D eigenvalue weighted by molar-refractivity contribution is -0.124. The van der Waals surface area contributed by atoms with Crippen molar-refractivity contribution in [1.82, 2.24) is 19.1 Å². The molecule has 0 bridgehead atoms. The number of anilines is 4. The van der Waals surface area contributed by atoms with E-state index in [1.807, 2.05) is 66.9 Å². The second-order valence-corrected chi connectivity index (χ2v) is 21.9. The lowest BCUT2D eigenvalue weighted by Gasteiger charge is -2.27. The van der Waals surface area contributed by atoms with Crippen molar-refractivity contribution in [3.8, 4) is 5.88 Å². The van der Waals surface area contributed by atoms with Crippen molar-refractivity contribution in [2.75, 3.05) is 23.1 Å². The molecule has 2 aliphatic heterocycles. The summed E-state index contributed by atoms with van der Waals surface area (Å²) < 4.78 is 24.7. The zero-order chi connectivity index (χ0) is 41.9. The Hall–Kier alpha value is -2.88. The number of carbonyl (C=O) groups excluding carboxylic acids is 2. The lowest BCUT2D eigenvalue weighted by atomic mass is 9.92. The van der Waals surface area contributed by atoms with Gasteiger partial charge >= 0.3 is 0 Å². The van der Waals surface area contributed by atoms with Gasteiger partial charge in [-0.2, -0.15) is 0 Å². The maximum Gasteiger partial charge on any atom is 0.260 e. The molecule has 18 heteroatoms. The summed E-state index contributed by atoms with van der Waals surface area (Å²) >= 11 is 33.8. The molecule has 4 aromatic carbocycles. The molecular weight excluding hydrogens is 1090 g/mol.